The molecule has 5 aliphatic rings. The first kappa shape index (κ1) is 18.4. The van der Waals surface area contributed by atoms with Crippen LogP contribution in [0.3, 0.4) is 0 Å². The van der Waals surface area contributed by atoms with Crippen molar-refractivity contribution >= 4 is 5.78 Å². The van der Waals surface area contributed by atoms with Crippen molar-refractivity contribution < 1.29 is 9.90 Å². The highest BCUT2D eigenvalue weighted by Gasteiger charge is 2.70. The Balaban J connectivity index is 1.35. The number of Topliss-reactive ketones (excluding diaryl/α,β-unsaturated/α-hetero) is 1. The van der Waals surface area contributed by atoms with Gasteiger partial charge in [-0.2, -0.15) is 0 Å². The summed E-state index contributed by atoms with van der Waals surface area (Å²) in [6.07, 6.45) is 14.1. The van der Waals surface area contributed by atoms with Gasteiger partial charge in [0.1, 0.15) is 5.78 Å². The van der Waals surface area contributed by atoms with Gasteiger partial charge in [0.25, 0.3) is 0 Å². The maximum Gasteiger partial charge on any atom is 0.137 e. The van der Waals surface area contributed by atoms with Crippen LogP contribution >= 0.6 is 0 Å². The van der Waals surface area contributed by atoms with Gasteiger partial charge in [0.15, 0.2) is 0 Å². The van der Waals surface area contributed by atoms with Gasteiger partial charge >= 0.3 is 0 Å². The van der Waals surface area contributed by atoms with Gasteiger partial charge in [-0.05, 0) is 88.2 Å². The predicted octanol–water partition coefficient (Wildman–Crippen LogP) is 4.49. The Morgan fingerprint density at radius 3 is 2.85 bits per heavy atom. The highest BCUT2D eigenvalue weighted by molar-refractivity contribution is 5.84. The molecule has 0 bridgehead atoms. The van der Waals surface area contributed by atoms with E-state index in [2.05, 4.69) is 17.9 Å². The van der Waals surface area contributed by atoms with E-state index in [1.807, 2.05) is 13.8 Å². The van der Waals surface area contributed by atoms with Crippen LogP contribution in [-0.2, 0) is 4.79 Å². The summed E-state index contributed by atoms with van der Waals surface area (Å²) < 4.78 is 0. The van der Waals surface area contributed by atoms with Crippen LogP contribution in [-0.4, -0.2) is 39.5 Å². The van der Waals surface area contributed by atoms with Crippen LogP contribution < -0.4 is 0 Å². The molecule has 0 aromatic carbocycles. The standard InChI is InChI=1S/C24H37NO2/c1-22(2,27)11-6-14-25-21-9-8-18-16-15-20(26)19-7-4-5-12-23(19,3)17(16)10-13-24(18,21)25/h8,16-17,19,21,27H,4-7,9-15H2,1-3H3. The van der Waals surface area contributed by atoms with Crippen molar-refractivity contribution in [3.8, 4) is 0 Å². The van der Waals surface area contributed by atoms with Crippen molar-refractivity contribution in [3.63, 3.8) is 0 Å². The quantitative estimate of drug-likeness (QED) is 0.585. The average Bonchev–Trinajstić information content (AvgIpc) is 3.00. The minimum Gasteiger partial charge on any atom is -0.390 e. The Morgan fingerprint density at radius 1 is 1.26 bits per heavy atom. The van der Waals surface area contributed by atoms with E-state index in [1.54, 1.807) is 5.57 Å². The van der Waals surface area contributed by atoms with Crippen molar-refractivity contribution in [2.24, 2.45) is 23.2 Å². The van der Waals surface area contributed by atoms with E-state index in [4.69, 9.17) is 0 Å². The summed E-state index contributed by atoms with van der Waals surface area (Å²) in [5.74, 6) is 2.18. The third-order valence-corrected chi connectivity index (χ3v) is 9.25. The second kappa shape index (κ2) is 5.92. The lowest BCUT2D eigenvalue weighted by Crippen LogP contribution is -2.53. The van der Waals surface area contributed by atoms with Gasteiger partial charge in [-0.15, -0.1) is 0 Å². The van der Waals surface area contributed by atoms with E-state index in [1.165, 1.54) is 38.5 Å². The summed E-state index contributed by atoms with van der Waals surface area (Å²) in [5.41, 5.74) is 1.67. The summed E-state index contributed by atoms with van der Waals surface area (Å²) >= 11 is 0. The number of carbonyl (C=O) groups is 1. The maximum atomic E-state index is 13.1. The zero-order valence-corrected chi connectivity index (χ0v) is 17.5. The fraction of sp³-hybridized carbons (Fsp3) is 0.875. The molecule has 1 saturated heterocycles. The molecule has 0 amide bonds. The minimum atomic E-state index is -0.556. The van der Waals surface area contributed by atoms with Crippen molar-refractivity contribution in [1.82, 2.24) is 4.90 Å². The van der Waals surface area contributed by atoms with Crippen LogP contribution in [0.4, 0.5) is 0 Å². The Hall–Kier alpha value is -0.670. The van der Waals surface area contributed by atoms with Crippen LogP contribution in [0, 0.1) is 23.2 Å². The molecule has 3 heteroatoms. The smallest absolute Gasteiger partial charge is 0.137 e. The van der Waals surface area contributed by atoms with E-state index < -0.39 is 5.60 Å². The monoisotopic (exact) mass is 371 g/mol. The Morgan fingerprint density at radius 2 is 2.07 bits per heavy atom. The van der Waals surface area contributed by atoms with Crippen molar-refractivity contribution in [1.29, 1.82) is 0 Å². The Bertz CT molecular complexity index is 676. The summed E-state index contributed by atoms with van der Waals surface area (Å²) in [4.78, 5) is 15.8. The van der Waals surface area contributed by atoms with Crippen molar-refractivity contribution in [2.45, 2.75) is 102 Å². The van der Waals surface area contributed by atoms with E-state index >= 15 is 0 Å². The average molecular weight is 372 g/mol. The third kappa shape index (κ3) is 2.56. The van der Waals surface area contributed by atoms with Crippen LogP contribution in [0.25, 0.3) is 0 Å². The third-order valence-electron chi connectivity index (χ3n) is 9.25. The molecule has 4 fully saturated rings. The molecule has 0 aromatic rings. The largest absolute Gasteiger partial charge is 0.390 e. The van der Waals surface area contributed by atoms with Crippen molar-refractivity contribution in [3.05, 3.63) is 11.6 Å². The van der Waals surface area contributed by atoms with E-state index in [-0.39, 0.29) is 5.41 Å². The molecular formula is C24H37NO2. The van der Waals surface area contributed by atoms with Crippen LogP contribution in [0.15, 0.2) is 11.6 Å². The van der Waals surface area contributed by atoms with Gasteiger partial charge in [-0.25, -0.2) is 0 Å². The molecule has 3 saturated carbocycles. The lowest BCUT2D eigenvalue weighted by atomic mass is 9.48. The first-order chi connectivity index (χ1) is 12.8. The number of ketones is 1. The Kier molecular flexibility index (Phi) is 4.03. The molecule has 3 nitrogen and oxygen atoms in total. The molecule has 0 radical (unpaired) electrons. The molecule has 1 heterocycles. The number of carbonyl (C=O) groups excluding carboxylic acids is 1. The number of fused-ring (bicyclic) bond motifs is 4. The number of nitrogens with zero attached hydrogens (tertiary/aromatic N) is 1. The van der Waals surface area contributed by atoms with Gasteiger partial charge in [0.05, 0.1) is 11.1 Å². The van der Waals surface area contributed by atoms with Gasteiger partial charge in [-0.1, -0.05) is 25.8 Å². The fourth-order valence-corrected chi connectivity index (χ4v) is 8.04. The molecule has 0 aromatic heterocycles. The topological polar surface area (TPSA) is 40.3 Å². The van der Waals surface area contributed by atoms with E-state index in [9.17, 15) is 9.90 Å². The molecule has 27 heavy (non-hydrogen) atoms. The lowest BCUT2D eigenvalue weighted by molar-refractivity contribution is -0.141. The molecule has 7 atom stereocenters. The van der Waals surface area contributed by atoms with E-state index in [0.29, 0.717) is 29.2 Å². The molecular weight excluding hydrogens is 334 g/mol. The van der Waals surface area contributed by atoms with Crippen LogP contribution in [0.1, 0.15) is 85.0 Å². The SMILES string of the molecule is CC(C)(O)CCCN1C2CC=C3C4CC(=O)C5CCCCC5(C)C4CCC321. The number of aliphatic hydroxyl groups is 1. The minimum absolute atomic E-state index is 0.263. The summed E-state index contributed by atoms with van der Waals surface area (Å²) in [6.45, 7) is 7.40. The lowest BCUT2D eigenvalue weighted by Gasteiger charge is -2.56. The second-order valence-corrected chi connectivity index (χ2v) is 11.2. The maximum absolute atomic E-state index is 13.1. The summed E-state index contributed by atoms with van der Waals surface area (Å²) in [5, 5.41) is 10.0. The second-order valence-electron chi connectivity index (χ2n) is 11.2. The predicted molar refractivity (Wildman–Crippen MR) is 107 cm³/mol. The highest BCUT2D eigenvalue weighted by Crippen LogP contribution is 2.68. The molecule has 4 aliphatic carbocycles. The normalized spacial score (nSPS) is 48.2. The molecule has 1 spiro atoms. The zero-order chi connectivity index (χ0) is 19.0. The summed E-state index contributed by atoms with van der Waals surface area (Å²) in [7, 11) is 0. The molecule has 5 rings (SSSR count). The number of hydrogen-bond donors (Lipinski definition) is 1. The molecule has 1 aliphatic heterocycles. The zero-order valence-electron chi connectivity index (χ0n) is 17.5. The summed E-state index contributed by atoms with van der Waals surface area (Å²) in [6, 6.07) is 0.697. The molecule has 150 valence electrons. The van der Waals surface area contributed by atoms with Gasteiger partial charge < -0.3 is 5.11 Å². The van der Waals surface area contributed by atoms with Crippen LogP contribution in [0.2, 0.25) is 0 Å². The van der Waals surface area contributed by atoms with E-state index in [0.717, 1.165) is 38.1 Å². The fourth-order valence-electron chi connectivity index (χ4n) is 8.04. The first-order valence-corrected chi connectivity index (χ1v) is 11.5. The highest BCUT2D eigenvalue weighted by atomic mass is 16.3. The van der Waals surface area contributed by atoms with Crippen LogP contribution in [0.5, 0.6) is 0 Å². The Labute approximate surface area is 164 Å². The van der Waals surface area contributed by atoms with Gasteiger partial charge in [0, 0.05) is 18.4 Å². The van der Waals surface area contributed by atoms with Gasteiger partial charge in [-0.3, -0.25) is 9.69 Å². The number of hydrogen-bond acceptors (Lipinski definition) is 3. The molecule has 7 unspecified atom stereocenters. The molecule has 1 N–H and O–H groups in total. The first-order valence-electron chi connectivity index (χ1n) is 11.5. The number of rotatable bonds is 4. The van der Waals surface area contributed by atoms with Gasteiger partial charge in [0.2, 0.25) is 0 Å². The van der Waals surface area contributed by atoms with Crippen molar-refractivity contribution in [2.75, 3.05) is 6.54 Å².